The molecule has 0 spiro atoms. The van der Waals surface area contributed by atoms with Gasteiger partial charge in [0.2, 0.25) is 0 Å². The Morgan fingerprint density at radius 2 is 1.71 bits per heavy atom. The summed E-state index contributed by atoms with van der Waals surface area (Å²) in [5.74, 6) is 0.853. The Kier molecular flexibility index (Phi) is 9.99. The van der Waals surface area contributed by atoms with E-state index in [-0.39, 0.29) is 0 Å². The fraction of sp³-hybridized carbons (Fsp3) is 0.480. The van der Waals surface area contributed by atoms with E-state index in [1.54, 1.807) is 7.11 Å². The predicted molar refractivity (Wildman–Crippen MR) is 123 cm³/mol. The molecule has 3 rings (SSSR count). The minimum atomic E-state index is 0.381. The Labute approximate surface area is 186 Å². The lowest BCUT2D eigenvalue weighted by Crippen LogP contribution is -2.50. The first kappa shape index (κ1) is 23.4. The van der Waals surface area contributed by atoms with Gasteiger partial charge in [0.05, 0.1) is 13.7 Å². The summed E-state index contributed by atoms with van der Waals surface area (Å²) >= 11 is 0. The maximum absolute atomic E-state index is 10.9. The van der Waals surface area contributed by atoms with Gasteiger partial charge >= 0.3 is 0 Å². The van der Waals surface area contributed by atoms with Crippen LogP contribution in [0.1, 0.15) is 30.4 Å². The SMILES string of the molecule is COc1ccc(CNOCCC(CCC=O)N2CCN(Cc3ccccc3)CC2)cc1. The van der Waals surface area contributed by atoms with Crippen molar-refractivity contribution in [1.82, 2.24) is 15.3 Å². The van der Waals surface area contributed by atoms with E-state index in [9.17, 15) is 4.79 Å². The molecule has 1 unspecified atom stereocenters. The largest absolute Gasteiger partial charge is 0.497 e. The zero-order valence-electron chi connectivity index (χ0n) is 18.5. The summed E-state index contributed by atoms with van der Waals surface area (Å²) in [5, 5.41) is 0. The molecular weight excluding hydrogens is 390 g/mol. The molecule has 0 saturated carbocycles. The van der Waals surface area contributed by atoms with Gasteiger partial charge in [-0.05, 0) is 36.1 Å². The second-order valence-corrected chi connectivity index (χ2v) is 8.00. The highest BCUT2D eigenvalue weighted by Gasteiger charge is 2.23. The van der Waals surface area contributed by atoms with Crippen LogP contribution in [-0.4, -0.2) is 62.0 Å². The van der Waals surface area contributed by atoms with Gasteiger partial charge in [0.25, 0.3) is 0 Å². The summed E-state index contributed by atoms with van der Waals surface area (Å²) in [6.45, 7) is 6.48. The Bertz CT molecular complexity index is 746. The number of carbonyl (C=O) groups excluding carboxylic acids is 1. The van der Waals surface area contributed by atoms with E-state index in [0.29, 0.717) is 25.6 Å². The van der Waals surface area contributed by atoms with Crippen LogP contribution in [0.3, 0.4) is 0 Å². The van der Waals surface area contributed by atoms with Crippen LogP contribution in [0.4, 0.5) is 0 Å². The molecule has 2 aromatic rings. The van der Waals surface area contributed by atoms with Crippen LogP contribution in [0.2, 0.25) is 0 Å². The van der Waals surface area contributed by atoms with Crippen LogP contribution in [0, 0.1) is 0 Å². The van der Waals surface area contributed by atoms with Crippen molar-refractivity contribution < 1.29 is 14.4 Å². The third-order valence-electron chi connectivity index (χ3n) is 5.88. The minimum Gasteiger partial charge on any atom is -0.497 e. The second kappa shape index (κ2) is 13.2. The summed E-state index contributed by atoms with van der Waals surface area (Å²) in [6.07, 6.45) is 3.45. The molecule has 0 aliphatic carbocycles. The van der Waals surface area contributed by atoms with Crippen molar-refractivity contribution in [1.29, 1.82) is 0 Å². The summed E-state index contributed by atoms with van der Waals surface area (Å²) in [6, 6.07) is 19.0. The molecule has 0 amide bonds. The van der Waals surface area contributed by atoms with Crippen molar-refractivity contribution >= 4 is 6.29 Å². The van der Waals surface area contributed by atoms with Gasteiger partial charge in [-0.3, -0.25) is 9.80 Å². The maximum atomic E-state index is 10.9. The summed E-state index contributed by atoms with van der Waals surface area (Å²) in [4.78, 5) is 21.7. The number of hydrogen-bond donors (Lipinski definition) is 1. The summed E-state index contributed by atoms with van der Waals surface area (Å²) < 4.78 is 5.18. The van der Waals surface area contributed by atoms with Crippen LogP contribution in [0.5, 0.6) is 5.75 Å². The molecule has 1 aliphatic heterocycles. The number of aldehydes is 1. The number of piperazine rings is 1. The molecule has 1 saturated heterocycles. The van der Waals surface area contributed by atoms with Gasteiger partial charge in [-0.15, -0.1) is 0 Å². The fourth-order valence-corrected chi connectivity index (χ4v) is 4.04. The molecule has 1 aliphatic rings. The summed E-state index contributed by atoms with van der Waals surface area (Å²) in [7, 11) is 1.67. The van der Waals surface area contributed by atoms with Crippen molar-refractivity contribution in [3.63, 3.8) is 0 Å². The van der Waals surface area contributed by atoms with Crippen LogP contribution < -0.4 is 10.2 Å². The molecule has 6 nitrogen and oxygen atoms in total. The zero-order chi connectivity index (χ0) is 21.7. The van der Waals surface area contributed by atoms with Crippen molar-refractivity contribution in [3.8, 4) is 5.75 Å². The maximum Gasteiger partial charge on any atom is 0.120 e. The van der Waals surface area contributed by atoms with E-state index in [4.69, 9.17) is 9.57 Å². The molecule has 0 bridgehead atoms. The average molecular weight is 426 g/mol. The highest BCUT2D eigenvalue weighted by molar-refractivity contribution is 5.49. The highest BCUT2D eigenvalue weighted by Crippen LogP contribution is 2.16. The third kappa shape index (κ3) is 8.07. The number of methoxy groups -OCH3 is 1. The van der Waals surface area contributed by atoms with Crippen LogP contribution in [0.25, 0.3) is 0 Å². The van der Waals surface area contributed by atoms with Crippen LogP contribution in [0.15, 0.2) is 54.6 Å². The summed E-state index contributed by atoms with van der Waals surface area (Å²) in [5.41, 5.74) is 5.56. The van der Waals surface area contributed by atoms with Gasteiger partial charge < -0.3 is 14.4 Å². The quantitative estimate of drug-likeness (QED) is 0.302. The Hall–Kier alpha value is -2.25. The lowest BCUT2D eigenvalue weighted by atomic mass is 10.1. The monoisotopic (exact) mass is 425 g/mol. The second-order valence-electron chi connectivity index (χ2n) is 8.00. The highest BCUT2D eigenvalue weighted by atomic mass is 16.6. The standard InChI is InChI=1S/C25H35N3O3/c1-30-25-11-9-22(10-12-25)20-26-31-19-13-24(8-5-18-29)28-16-14-27(15-17-28)21-23-6-3-2-4-7-23/h2-4,6-7,9-12,18,24,26H,5,8,13-17,19-21H2,1H3. The molecule has 31 heavy (non-hydrogen) atoms. The van der Waals surface area contributed by atoms with Gasteiger partial charge in [-0.1, -0.05) is 42.5 Å². The van der Waals surface area contributed by atoms with E-state index in [1.807, 2.05) is 24.3 Å². The number of carbonyl (C=O) groups is 1. The Morgan fingerprint density at radius 1 is 0.968 bits per heavy atom. The predicted octanol–water partition coefficient (Wildman–Crippen LogP) is 3.27. The minimum absolute atomic E-state index is 0.381. The van der Waals surface area contributed by atoms with Gasteiger partial charge in [0.1, 0.15) is 12.0 Å². The van der Waals surface area contributed by atoms with E-state index < -0.39 is 0 Å². The molecule has 0 aromatic heterocycles. The number of nitrogens with one attached hydrogen (secondary N) is 1. The van der Waals surface area contributed by atoms with Gasteiger partial charge in [0, 0.05) is 51.7 Å². The molecule has 1 atom stereocenters. The number of nitrogens with zero attached hydrogens (tertiary/aromatic N) is 2. The molecular formula is C25H35N3O3. The number of benzene rings is 2. The number of hydrogen-bond acceptors (Lipinski definition) is 6. The first-order valence-corrected chi connectivity index (χ1v) is 11.2. The first-order valence-electron chi connectivity index (χ1n) is 11.2. The van der Waals surface area contributed by atoms with Crippen molar-refractivity contribution in [2.45, 2.75) is 38.4 Å². The molecule has 1 fully saturated rings. The number of rotatable bonds is 13. The smallest absolute Gasteiger partial charge is 0.120 e. The topological polar surface area (TPSA) is 54.0 Å². The normalized spacial score (nSPS) is 16.2. The van der Waals surface area contributed by atoms with Gasteiger partial charge in [-0.25, -0.2) is 0 Å². The fourth-order valence-electron chi connectivity index (χ4n) is 4.04. The van der Waals surface area contributed by atoms with Gasteiger partial charge in [-0.2, -0.15) is 5.48 Å². The van der Waals surface area contributed by atoms with E-state index in [2.05, 4.69) is 45.6 Å². The number of ether oxygens (including phenoxy) is 1. The molecule has 0 radical (unpaired) electrons. The Morgan fingerprint density at radius 3 is 2.39 bits per heavy atom. The first-order chi connectivity index (χ1) is 15.3. The molecule has 1 heterocycles. The van der Waals surface area contributed by atoms with Crippen LogP contribution >= 0.6 is 0 Å². The molecule has 6 heteroatoms. The zero-order valence-corrected chi connectivity index (χ0v) is 18.5. The van der Waals surface area contributed by atoms with Crippen molar-refractivity contribution in [2.75, 3.05) is 39.9 Å². The molecule has 1 N–H and O–H groups in total. The van der Waals surface area contributed by atoms with Gasteiger partial charge in [0.15, 0.2) is 0 Å². The van der Waals surface area contributed by atoms with E-state index >= 15 is 0 Å². The average Bonchev–Trinajstić information content (AvgIpc) is 2.82. The third-order valence-corrected chi connectivity index (χ3v) is 5.88. The molecule has 2 aromatic carbocycles. The van der Waals surface area contributed by atoms with E-state index in [1.165, 1.54) is 5.56 Å². The van der Waals surface area contributed by atoms with Crippen molar-refractivity contribution in [3.05, 3.63) is 65.7 Å². The number of hydroxylamine groups is 1. The lowest BCUT2D eigenvalue weighted by Gasteiger charge is -2.39. The van der Waals surface area contributed by atoms with Crippen molar-refractivity contribution in [2.24, 2.45) is 0 Å². The van der Waals surface area contributed by atoms with E-state index in [0.717, 1.165) is 63.2 Å². The molecule has 168 valence electrons. The Balaban J connectivity index is 1.37. The van der Waals surface area contributed by atoms with Crippen LogP contribution in [-0.2, 0) is 22.7 Å². The lowest BCUT2D eigenvalue weighted by molar-refractivity contribution is -0.108.